The molecular formula is C25H29N3O4. The first-order valence-electron chi connectivity index (χ1n) is 11.2. The number of rotatable bonds is 6. The van der Waals surface area contributed by atoms with E-state index in [4.69, 9.17) is 0 Å². The number of amides is 2. The van der Waals surface area contributed by atoms with Crippen molar-refractivity contribution >= 4 is 17.5 Å². The number of nitro benzene ring substituents is 1. The Balaban J connectivity index is 1.63. The molecule has 1 heterocycles. The second-order valence-electron chi connectivity index (χ2n) is 9.34. The highest BCUT2D eigenvalue weighted by molar-refractivity contribution is 5.97. The van der Waals surface area contributed by atoms with E-state index in [-0.39, 0.29) is 35.4 Å². The van der Waals surface area contributed by atoms with Crippen LogP contribution in [0.25, 0.3) is 0 Å². The van der Waals surface area contributed by atoms with Crippen LogP contribution in [0.15, 0.2) is 48.5 Å². The Morgan fingerprint density at radius 1 is 1.03 bits per heavy atom. The van der Waals surface area contributed by atoms with Crippen molar-refractivity contribution in [3.05, 3.63) is 75.3 Å². The summed E-state index contributed by atoms with van der Waals surface area (Å²) >= 11 is 0. The lowest BCUT2D eigenvalue weighted by Gasteiger charge is -2.44. The number of carbonyl (C=O) groups is 2. The minimum atomic E-state index is -0.571. The molecule has 7 heteroatoms. The quantitative estimate of drug-likeness (QED) is 0.552. The van der Waals surface area contributed by atoms with Crippen molar-refractivity contribution in [3.8, 4) is 0 Å². The molecule has 168 valence electrons. The summed E-state index contributed by atoms with van der Waals surface area (Å²) in [7, 11) is 0. The third-order valence-corrected chi connectivity index (χ3v) is 6.71. The SMILES string of the molecule is CC(C)C[C@@H]1C(=O)N[C@H](C2Cc3ccccc3C2)C(=O)N1[C@@H](C)c1ccc([N+](=O)[O-])cc1. The van der Waals surface area contributed by atoms with Crippen LogP contribution in [-0.2, 0) is 22.4 Å². The molecule has 2 aliphatic rings. The zero-order valence-electron chi connectivity index (χ0n) is 18.7. The maximum atomic E-state index is 13.8. The molecule has 0 bridgehead atoms. The Hall–Kier alpha value is -3.22. The van der Waals surface area contributed by atoms with Gasteiger partial charge in [-0.2, -0.15) is 0 Å². The van der Waals surface area contributed by atoms with Crippen molar-refractivity contribution in [2.45, 2.75) is 58.2 Å². The van der Waals surface area contributed by atoms with Crippen LogP contribution in [0.3, 0.4) is 0 Å². The first-order chi connectivity index (χ1) is 15.3. The molecule has 1 aliphatic heterocycles. The minimum absolute atomic E-state index is 0.00370. The van der Waals surface area contributed by atoms with Crippen molar-refractivity contribution in [1.29, 1.82) is 0 Å². The highest BCUT2D eigenvalue weighted by Gasteiger charge is 2.46. The third-order valence-electron chi connectivity index (χ3n) is 6.71. The lowest BCUT2D eigenvalue weighted by Crippen LogP contribution is -2.65. The van der Waals surface area contributed by atoms with Gasteiger partial charge in [0.25, 0.3) is 5.69 Å². The number of hydrogen-bond donors (Lipinski definition) is 1. The predicted molar refractivity (Wildman–Crippen MR) is 121 cm³/mol. The summed E-state index contributed by atoms with van der Waals surface area (Å²) in [6, 6.07) is 12.9. The van der Waals surface area contributed by atoms with Crippen LogP contribution >= 0.6 is 0 Å². The Morgan fingerprint density at radius 3 is 2.16 bits per heavy atom. The van der Waals surface area contributed by atoms with E-state index in [0.29, 0.717) is 6.42 Å². The van der Waals surface area contributed by atoms with Gasteiger partial charge in [0.05, 0.1) is 11.0 Å². The molecule has 4 rings (SSSR count). The molecule has 0 spiro atoms. The van der Waals surface area contributed by atoms with E-state index in [1.165, 1.54) is 23.3 Å². The number of non-ortho nitro benzene ring substituents is 1. The van der Waals surface area contributed by atoms with Crippen molar-refractivity contribution in [1.82, 2.24) is 10.2 Å². The number of nitrogens with one attached hydrogen (secondary N) is 1. The van der Waals surface area contributed by atoms with Crippen LogP contribution in [0.4, 0.5) is 5.69 Å². The van der Waals surface area contributed by atoms with Crippen LogP contribution in [-0.4, -0.2) is 33.7 Å². The molecule has 1 saturated heterocycles. The van der Waals surface area contributed by atoms with E-state index < -0.39 is 17.0 Å². The fourth-order valence-corrected chi connectivity index (χ4v) is 5.06. The smallest absolute Gasteiger partial charge is 0.269 e. The number of carbonyl (C=O) groups excluding carboxylic acids is 2. The largest absolute Gasteiger partial charge is 0.342 e. The Morgan fingerprint density at radius 2 is 1.62 bits per heavy atom. The molecule has 1 aliphatic carbocycles. The van der Waals surface area contributed by atoms with Crippen molar-refractivity contribution in [3.63, 3.8) is 0 Å². The first-order valence-corrected chi connectivity index (χ1v) is 11.2. The average molecular weight is 436 g/mol. The third kappa shape index (κ3) is 4.11. The summed E-state index contributed by atoms with van der Waals surface area (Å²) in [5.41, 5.74) is 3.25. The zero-order chi connectivity index (χ0) is 23.0. The topological polar surface area (TPSA) is 92.6 Å². The summed E-state index contributed by atoms with van der Waals surface area (Å²) < 4.78 is 0. The van der Waals surface area contributed by atoms with Gasteiger partial charge in [-0.15, -0.1) is 0 Å². The number of nitro groups is 1. The van der Waals surface area contributed by atoms with Crippen LogP contribution in [0.2, 0.25) is 0 Å². The maximum absolute atomic E-state index is 13.8. The molecule has 0 unspecified atom stereocenters. The number of nitrogens with zero attached hydrogens (tertiary/aromatic N) is 2. The van der Waals surface area contributed by atoms with Crippen molar-refractivity contribution < 1.29 is 14.5 Å². The summed E-state index contributed by atoms with van der Waals surface area (Å²) in [5.74, 6) is 0.0692. The second-order valence-corrected chi connectivity index (χ2v) is 9.34. The van der Waals surface area contributed by atoms with Gasteiger partial charge >= 0.3 is 0 Å². The molecule has 2 aromatic carbocycles. The lowest BCUT2D eigenvalue weighted by molar-refractivity contribution is -0.384. The molecule has 1 N–H and O–H groups in total. The Kier molecular flexibility index (Phi) is 6.00. The standard InChI is InChI=1S/C25H29N3O4/c1-15(2)12-22-24(29)26-23(20-13-18-6-4-5-7-19(18)14-20)25(30)27(22)16(3)17-8-10-21(11-9-17)28(31)32/h4-11,15-16,20,22-23H,12-14H2,1-3H3,(H,26,29)/t16-,22+,23+/m0/s1. The van der Waals surface area contributed by atoms with Crippen LogP contribution < -0.4 is 5.32 Å². The fraction of sp³-hybridized carbons (Fsp3) is 0.440. The molecule has 3 atom stereocenters. The normalized spacial score (nSPS) is 22.1. The molecule has 32 heavy (non-hydrogen) atoms. The van der Waals surface area contributed by atoms with E-state index in [2.05, 4.69) is 17.4 Å². The number of piperazine rings is 1. The predicted octanol–water partition coefficient (Wildman–Crippen LogP) is 3.81. The van der Waals surface area contributed by atoms with Crippen molar-refractivity contribution in [2.75, 3.05) is 0 Å². The molecule has 0 saturated carbocycles. The molecule has 2 amide bonds. The number of benzene rings is 2. The van der Waals surface area contributed by atoms with E-state index in [9.17, 15) is 19.7 Å². The lowest BCUT2D eigenvalue weighted by atomic mass is 9.88. The van der Waals surface area contributed by atoms with E-state index in [0.717, 1.165) is 18.4 Å². The first kappa shape index (κ1) is 22.0. The molecule has 1 fully saturated rings. The van der Waals surface area contributed by atoms with Crippen LogP contribution in [0.5, 0.6) is 0 Å². The van der Waals surface area contributed by atoms with Gasteiger partial charge in [0, 0.05) is 12.1 Å². The van der Waals surface area contributed by atoms with Gasteiger partial charge in [-0.05, 0) is 54.7 Å². The Labute approximate surface area is 188 Å². The maximum Gasteiger partial charge on any atom is 0.269 e. The molecule has 7 nitrogen and oxygen atoms in total. The molecular weight excluding hydrogens is 406 g/mol. The summed E-state index contributed by atoms with van der Waals surface area (Å²) in [6.07, 6.45) is 2.09. The molecule has 0 radical (unpaired) electrons. The zero-order valence-corrected chi connectivity index (χ0v) is 18.7. The van der Waals surface area contributed by atoms with E-state index in [1.54, 1.807) is 17.0 Å². The van der Waals surface area contributed by atoms with E-state index >= 15 is 0 Å². The molecule has 2 aromatic rings. The Bertz CT molecular complexity index is 1010. The fourth-order valence-electron chi connectivity index (χ4n) is 5.06. The highest BCUT2D eigenvalue weighted by atomic mass is 16.6. The van der Waals surface area contributed by atoms with Gasteiger partial charge in [0.2, 0.25) is 11.8 Å². The van der Waals surface area contributed by atoms with Gasteiger partial charge < -0.3 is 10.2 Å². The van der Waals surface area contributed by atoms with Crippen molar-refractivity contribution in [2.24, 2.45) is 11.8 Å². The van der Waals surface area contributed by atoms with Gasteiger partial charge in [-0.3, -0.25) is 19.7 Å². The summed E-state index contributed by atoms with van der Waals surface area (Å²) in [6.45, 7) is 5.96. The number of hydrogen-bond acceptors (Lipinski definition) is 4. The monoisotopic (exact) mass is 435 g/mol. The number of fused-ring (bicyclic) bond motifs is 1. The van der Waals surface area contributed by atoms with Crippen LogP contribution in [0.1, 0.15) is 49.9 Å². The summed E-state index contributed by atoms with van der Waals surface area (Å²) in [4.78, 5) is 39.3. The average Bonchev–Trinajstić information content (AvgIpc) is 3.19. The second kappa shape index (κ2) is 8.73. The molecule has 0 aromatic heterocycles. The van der Waals surface area contributed by atoms with Gasteiger partial charge in [0.15, 0.2) is 0 Å². The van der Waals surface area contributed by atoms with Gasteiger partial charge in [0.1, 0.15) is 12.1 Å². The highest BCUT2D eigenvalue weighted by Crippen LogP contribution is 2.35. The van der Waals surface area contributed by atoms with Crippen LogP contribution in [0, 0.1) is 22.0 Å². The van der Waals surface area contributed by atoms with Gasteiger partial charge in [-0.25, -0.2) is 0 Å². The summed E-state index contributed by atoms with van der Waals surface area (Å²) in [5, 5.41) is 14.1. The van der Waals surface area contributed by atoms with Gasteiger partial charge in [-0.1, -0.05) is 50.2 Å². The van der Waals surface area contributed by atoms with E-state index in [1.807, 2.05) is 32.9 Å². The minimum Gasteiger partial charge on any atom is -0.342 e.